The molecule has 1 aromatic carbocycles. The highest BCUT2D eigenvalue weighted by atomic mass is 16.5. The molecule has 0 saturated carbocycles. The fraction of sp³-hybridized carbons (Fsp3) is 0.417. The zero-order chi connectivity index (χ0) is 12.3. The average molecular weight is 223 g/mol. The average Bonchev–Trinajstić information content (AvgIpc) is 2.26. The number of nitrogens with zero attached hydrogens (tertiary/aromatic N) is 1. The molecule has 4 heteroatoms. The second-order valence-electron chi connectivity index (χ2n) is 3.88. The predicted molar refractivity (Wildman–Crippen MR) is 63.4 cm³/mol. The van der Waals surface area contributed by atoms with Gasteiger partial charge < -0.3 is 14.7 Å². The molecule has 88 valence electrons. The van der Waals surface area contributed by atoms with E-state index in [1.54, 1.807) is 20.1 Å². The third-order valence-electron chi connectivity index (χ3n) is 2.55. The van der Waals surface area contributed by atoms with Crippen LogP contribution in [-0.2, 0) is 4.79 Å². The van der Waals surface area contributed by atoms with Crippen LogP contribution in [0, 0.1) is 0 Å². The number of hydrogen-bond donors (Lipinski definition) is 1. The van der Waals surface area contributed by atoms with Gasteiger partial charge >= 0.3 is 5.97 Å². The molecular weight excluding hydrogens is 206 g/mol. The molecule has 0 aliphatic rings. The molecule has 0 bridgehead atoms. The maximum absolute atomic E-state index is 11.0. The first-order valence-electron chi connectivity index (χ1n) is 5.05. The number of ether oxygens (including phenoxy) is 1. The van der Waals surface area contributed by atoms with Crippen LogP contribution in [0.4, 0.5) is 5.69 Å². The van der Waals surface area contributed by atoms with Gasteiger partial charge in [0, 0.05) is 19.8 Å². The van der Waals surface area contributed by atoms with Crippen molar-refractivity contribution in [3.63, 3.8) is 0 Å². The van der Waals surface area contributed by atoms with Crippen LogP contribution < -0.4 is 9.64 Å². The molecule has 1 N–H and O–H groups in total. The van der Waals surface area contributed by atoms with Crippen molar-refractivity contribution in [3.05, 3.63) is 23.8 Å². The van der Waals surface area contributed by atoms with Crippen LogP contribution in [0.5, 0.6) is 5.75 Å². The summed E-state index contributed by atoms with van der Waals surface area (Å²) in [5.74, 6) is -0.711. The summed E-state index contributed by atoms with van der Waals surface area (Å²) in [5.41, 5.74) is 1.66. The number of rotatable bonds is 4. The summed E-state index contributed by atoms with van der Waals surface area (Å²) in [7, 11) is 5.35. The summed E-state index contributed by atoms with van der Waals surface area (Å²) in [6, 6.07) is 5.47. The van der Waals surface area contributed by atoms with Crippen molar-refractivity contribution in [2.75, 3.05) is 26.1 Å². The molecule has 1 unspecified atom stereocenters. The number of anilines is 1. The van der Waals surface area contributed by atoms with Crippen molar-refractivity contribution >= 4 is 11.7 Å². The number of methoxy groups -OCH3 is 1. The van der Waals surface area contributed by atoms with Gasteiger partial charge in [-0.2, -0.15) is 0 Å². The van der Waals surface area contributed by atoms with Gasteiger partial charge in [-0.05, 0) is 30.7 Å². The molecule has 1 aromatic rings. The first-order chi connectivity index (χ1) is 7.47. The normalized spacial score (nSPS) is 12.0. The Morgan fingerprint density at radius 3 is 2.50 bits per heavy atom. The standard InChI is InChI=1S/C12H17NO3/c1-8(12(14)15)10-7-9(16-4)5-6-11(10)13(2)3/h5-8H,1-4H3,(H,14,15). The van der Waals surface area contributed by atoms with E-state index in [2.05, 4.69) is 0 Å². The summed E-state index contributed by atoms with van der Waals surface area (Å²) in [6.45, 7) is 1.67. The second kappa shape index (κ2) is 4.88. The van der Waals surface area contributed by atoms with E-state index in [0.717, 1.165) is 11.3 Å². The summed E-state index contributed by atoms with van der Waals surface area (Å²) >= 11 is 0. The molecule has 0 aliphatic heterocycles. The number of aliphatic carboxylic acids is 1. The van der Waals surface area contributed by atoms with Crippen LogP contribution in [0.15, 0.2) is 18.2 Å². The molecular formula is C12H17NO3. The lowest BCUT2D eigenvalue weighted by atomic mass is 9.98. The number of carbonyl (C=O) groups is 1. The van der Waals surface area contributed by atoms with Crippen molar-refractivity contribution in [2.45, 2.75) is 12.8 Å². The van der Waals surface area contributed by atoms with Crippen LogP contribution in [0.25, 0.3) is 0 Å². The maximum atomic E-state index is 11.0. The van der Waals surface area contributed by atoms with Gasteiger partial charge in [0.2, 0.25) is 0 Å². The SMILES string of the molecule is COc1ccc(N(C)C)c(C(C)C(=O)O)c1. The Morgan fingerprint density at radius 1 is 1.44 bits per heavy atom. The zero-order valence-electron chi connectivity index (χ0n) is 10.0. The minimum Gasteiger partial charge on any atom is -0.497 e. The lowest BCUT2D eigenvalue weighted by molar-refractivity contribution is -0.138. The van der Waals surface area contributed by atoms with Gasteiger partial charge in [-0.1, -0.05) is 0 Å². The molecule has 0 aromatic heterocycles. The van der Waals surface area contributed by atoms with E-state index in [9.17, 15) is 4.79 Å². The van der Waals surface area contributed by atoms with Gasteiger partial charge in [-0.25, -0.2) is 0 Å². The summed E-state index contributed by atoms with van der Waals surface area (Å²) in [5, 5.41) is 9.05. The van der Waals surface area contributed by atoms with Crippen molar-refractivity contribution in [2.24, 2.45) is 0 Å². The van der Waals surface area contributed by atoms with Crippen molar-refractivity contribution in [1.29, 1.82) is 0 Å². The molecule has 0 fully saturated rings. The molecule has 0 spiro atoms. The Kier molecular flexibility index (Phi) is 3.77. The predicted octanol–water partition coefficient (Wildman–Crippen LogP) is 1.95. The van der Waals surface area contributed by atoms with Gasteiger partial charge in [0.1, 0.15) is 5.75 Å². The number of benzene rings is 1. The van der Waals surface area contributed by atoms with E-state index >= 15 is 0 Å². The quantitative estimate of drug-likeness (QED) is 0.847. The summed E-state index contributed by atoms with van der Waals surface area (Å²) in [4.78, 5) is 12.9. The van der Waals surface area contributed by atoms with E-state index in [1.165, 1.54) is 0 Å². The Hall–Kier alpha value is -1.71. The van der Waals surface area contributed by atoms with Crippen LogP contribution in [0.3, 0.4) is 0 Å². The molecule has 1 atom stereocenters. The van der Waals surface area contributed by atoms with E-state index in [-0.39, 0.29) is 0 Å². The fourth-order valence-electron chi connectivity index (χ4n) is 1.55. The van der Waals surface area contributed by atoms with Gasteiger partial charge in [-0.15, -0.1) is 0 Å². The molecule has 0 heterocycles. The minimum absolute atomic E-state index is 0.549. The highest BCUT2D eigenvalue weighted by Gasteiger charge is 2.19. The molecule has 4 nitrogen and oxygen atoms in total. The highest BCUT2D eigenvalue weighted by Crippen LogP contribution is 2.30. The van der Waals surface area contributed by atoms with Crippen molar-refractivity contribution < 1.29 is 14.6 Å². The van der Waals surface area contributed by atoms with Crippen LogP contribution >= 0.6 is 0 Å². The van der Waals surface area contributed by atoms with Crippen molar-refractivity contribution in [3.8, 4) is 5.75 Å². The zero-order valence-corrected chi connectivity index (χ0v) is 10.0. The molecule has 0 aliphatic carbocycles. The number of carboxylic acid groups (broad SMARTS) is 1. The highest BCUT2D eigenvalue weighted by molar-refractivity contribution is 5.79. The molecule has 16 heavy (non-hydrogen) atoms. The third-order valence-corrected chi connectivity index (χ3v) is 2.55. The topological polar surface area (TPSA) is 49.8 Å². The van der Waals surface area contributed by atoms with E-state index in [4.69, 9.17) is 9.84 Å². The van der Waals surface area contributed by atoms with E-state index in [1.807, 2.05) is 31.1 Å². The Morgan fingerprint density at radius 2 is 2.06 bits per heavy atom. The number of hydrogen-bond acceptors (Lipinski definition) is 3. The molecule has 0 radical (unpaired) electrons. The smallest absolute Gasteiger partial charge is 0.310 e. The fourth-order valence-corrected chi connectivity index (χ4v) is 1.55. The van der Waals surface area contributed by atoms with Crippen LogP contribution in [0.2, 0.25) is 0 Å². The lowest BCUT2D eigenvalue weighted by Crippen LogP contribution is -2.16. The molecule has 0 amide bonds. The van der Waals surface area contributed by atoms with Crippen molar-refractivity contribution in [1.82, 2.24) is 0 Å². The molecule has 0 saturated heterocycles. The Labute approximate surface area is 95.5 Å². The van der Waals surface area contributed by atoms with E-state index < -0.39 is 11.9 Å². The lowest BCUT2D eigenvalue weighted by Gasteiger charge is -2.20. The Balaban J connectivity index is 3.25. The van der Waals surface area contributed by atoms with Crippen LogP contribution in [-0.4, -0.2) is 32.3 Å². The van der Waals surface area contributed by atoms with Gasteiger partial charge in [0.05, 0.1) is 13.0 Å². The first kappa shape index (κ1) is 12.4. The van der Waals surface area contributed by atoms with Gasteiger partial charge in [0.15, 0.2) is 0 Å². The second-order valence-corrected chi connectivity index (χ2v) is 3.88. The maximum Gasteiger partial charge on any atom is 0.310 e. The van der Waals surface area contributed by atoms with E-state index in [0.29, 0.717) is 5.75 Å². The van der Waals surface area contributed by atoms with Gasteiger partial charge in [0.25, 0.3) is 0 Å². The molecule has 1 rings (SSSR count). The summed E-state index contributed by atoms with van der Waals surface area (Å²) in [6.07, 6.45) is 0. The number of carboxylic acids is 1. The first-order valence-corrected chi connectivity index (χ1v) is 5.05. The third kappa shape index (κ3) is 2.45. The largest absolute Gasteiger partial charge is 0.497 e. The minimum atomic E-state index is -0.837. The van der Waals surface area contributed by atoms with Crippen LogP contribution in [0.1, 0.15) is 18.4 Å². The van der Waals surface area contributed by atoms with Gasteiger partial charge in [-0.3, -0.25) is 4.79 Å². The monoisotopic (exact) mass is 223 g/mol. The Bertz CT molecular complexity index is 388. The summed E-state index contributed by atoms with van der Waals surface area (Å²) < 4.78 is 5.11.